The minimum atomic E-state index is -4.60. The van der Waals surface area contributed by atoms with E-state index >= 15 is 0 Å². The van der Waals surface area contributed by atoms with Crippen LogP contribution in [0.25, 0.3) is 0 Å². The van der Waals surface area contributed by atoms with E-state index in [9.17, 15) is 21.6 Å². The third-order valence-corrected chi connectivity index (χ3v) is 1.19. The van der Waals surface area contributed by atoms with Crippen molar-refractivity contribution in [2.45, 2.75) is 6.18 Å². The first-order chi connectivity index (χ1) is 5.71. The van der Waals surface area contributed by atoms with E-state index in [0.717, 1.165) is 0 Å². The third-order valence-electron chi connectivity index (χ3n) is 0.726. The molecule has 0 unspecified atom stereocenters. The fourth-order valence-electron chi connectivity index (χ4n) is 0.386. The number of ether oxygens (including phenoxy) is 1. The Labute approximate surface area is 92.2 Å². The summed E-state index contributed by atoms with van der Waals surface area (Å²) in [7, 11) is -4.60. The molecule has 1 N–H and O–H groups in total. The second kappa shape index (κ2) is 6.66. The van der Waals surface area contributed by atoms with Gasteiger partial charge < -0.3 is 6.16 Å². The zero-order chi connectivity index (χ0) is 10.5. The van der Waals surface area contributed by atoms with Crippen LogP contribution in [0.2, 0.25) is 0 Å². The minimum absolute atomic E-state index is 0. The maximum absolute atomic E-state index is 11.4. The SMILES string of the molecule is O=S(=O)(O)OCCOCC(F)(F)F.[H-].[Li+]. The van der Waals surface area contributed by atoms with Crippen molar-refractivity contribution < 1.29 is 55.3 Å². The van der Waals surface area contributed by atoms with Crippen LogP contribution < -0.4 is 18.9 Å². The van der Waals surface area contributed by atoms with Crippen LogP contribution in [0.5, 0.6) is 0 Å². The molecule has 14 heavy (non-hydrogen) atoms. The average Bonchev–Trinajstić information content (AvgIpc) is 1.81. The van der Waals surface area contributed by atoms with Gasteiger partial charge >= 0.3 is 35.4 Å². The van der Waals surface area contributed by atoms with Crippen molar-refractivity contribution in [2.24, 2.45) is 0 Å². The van der Waals surface area contributed by atoms with Crippen molar-refractivity contribution in [3.05, 3.63) is 0 Å². The molecule has 0 heterocycles. The van der Waals surface area contributed by atoms with Crippen LogP contribution >= 0.6 is 0 Å². The number of alkyl halides is 3. The van der Waals surface area contributed by atoms with Crippen LogP contribution in [0.1, 0.15) is 1.43 Å². The van der Waals surface area contributed by atoms with Crippen molar-refractivity contribution >= 4 is 10.4 Å². The topological polar surface area (TPSA) is 72.8 Å². The zero-order valence-corrected chi connectivity index (χ0v) is 8.06. The molecular formula is C4H8F3LiO5S. The average molecular weight is 232 g/mol. The maximum atomic E-state index is 11.4. The van der Waals surface area contributed by atoms with Gasteiger partial charge in [0, 0.05) is 0 Å². The van der Waals surface area contributed by atoms with E-state index in [2.05, 4.69) is 8.92 Å². The number of hydrogen-bond donors (Lipinski definition) is 1. The second-order valence-electron chi connectivity index (χ2n) is 1.92. The summed E-state index contributed by atoms with van der Waals surface area (Å²) in [5.41, 5.74) is 0. The van der Waals surface area contributed by atoms with Gasteiger partial charge in [-0.1, -0.05) is 0 Å². The summed E-state index contributed by atoms with van der Waals surface area (Å²) in [6, 6.07) is 0. The van der Waals surface area contributed by atoms with Crippen LogP contribution in [0.3, 0.4) is 0 Å². The summed E-state index contributed by atoms with van der Waals surface area (Å²) < 4.78 is 69.4. The molecule has 0 atom stereocenters. The van der Waals surface area contributed by atoms with Gasteiger partial charge in [0.15, 0.2) is 0 Å². The predicted molar refractivity (Wildman–Crippen MR) is 35.5 cm³/mol. The Morgan fingerprint density at radius 2 is 1.79 bits per heavy atom. The quantitative estimate of drug-likeness (QED) is 0.322. The minimum Gasteiger partial charge on any atom is -1.00 e. The Bertz CT molecular complexity index is 243. The molecule has 0 aliphatic rings. The monoisotopic (exact) mass is 232 g/mol. The summed E-state index contributed by atoms with van der Waals surface area (Å²) in [4.78, 5) is 0. The zero-order valence-electron chi connectivity index (χ0n) is 8.24. The van der Waals surface area contributed by atoms with E-state index in [1.165, 1.54) is 0 Å². The van der Waals surface area contributed by atoms with Crippen molar-refractivity contribution in [1.82, 2.24) is 0 Å². The fourth-order valence-corrected chi connectivity index (χ4v) is 0.665. The summed E-state index contributed by atoms with van der Waals surface area (Å²) in [5, 5.41) is 0. The number of hydrogen-bond acceptors (Lipinski definition) is 4. The molecule has 0 aromatic carbocycles. The second-order valence-corrected chi connectivity index (χ2v) is 3.01. The summed E-state index contributed by atoms with van der Waals surface area (Å²) in [6.07, 6.45) is -4.46. The van der Waals surface area contributed by atoms with Crippen molar-refractivity contribution in [3.8, 4) is 0 Å². The van der Waals surface area contributed by atoms with Crippen LogP contribution in [-0.2, 0) is 19.3 Å². The number of rotatable bonds is 5. The van der Waals surface area contributed by atoms with Crippen molar-refractivity contribution in [2.75, 3.05) is 19.8 Å². The molecular weight excluding hydrogens is 224 g/mol. The smallest absolute Gasteiger partial charge is 1.00 e. The van der Waals surface area contributed by atoms with Crippen molar-refractivity contribution in [3.63, 3.8) is 0 Å². The van der Waals surface area contributed by atoms with E-state index in [4.69, 9.17) is 4.55 Å². The first kappa shape index (κ1) is 16.6. The molecule has 0 aliphatic carbocycles. The van der Waals surface area contributed by atoms with Gasteiger partial charge in [-0.15, -0.1) is 0 Å². The number of halogens is 3. The van der Waals surface area contributed by atoms with Gasteiger partial charge in [-0.2, -0.15) is 21.6 Å². The van der Waals surface area contributed by atoms with Gasteiger partial charge in [0.2, 0.25) is 0 Å². The molecule has 0 radical (unpaired) electrons. The summed E-state index contributed by atoms with van der Waals surface area (Å²) in [6.45, 7) is -2.71. The molecule has 0 saturated heterocycles. The first-order valence-electron chi connectivity index (χ1n) is 2.97. The normalized spacial score (nSPS) is 12.3. The molecule has 0 aromatic rings. The van der Waals surface area contributed by atoms with Gasteiger partial charge in [-0.3, -0.25) is 4.55 Å². The molecule has 10 heteroatoms. The van der Waals surface area contributed by atoms with Crippen LogP contribution in [0.4, 0.5) is 13.2 Å². The molecule has 0 aromatic heterocycles. The van der Waals surface area contributed by atoms with E-state index in [1.807, 2.05) is 0 Å². The molecule has 0 rings (SSSR count). The van der Waals surface area contributed by atoms with Crippen molar-refractivity contribution in [1.29, 1.82) is 0 Å². The van der Waals surface area contributed by atoms with Gasteiger partial charge in [0.05, 0.1) is 13.2 Å². The van der Waals surface area contributed by atoms with Gasteiger partial charge in [-0.05, 0) is 0 Å². The van der Waals surface area contributed by atoms with E-state index in [-0.39, 0.29) is 20.3 Å². The Balaban J connectivity index is -0.000000720. The maximum Gasteiger partial charge on any atom is 1.00 e. The molecule has 0 bridgehead atoms. The Hall–Kier alpha value is 0.217. The Morgan fingerprint density at radius 1 is 1.29 bits per heavy atom. The molecule has 82 valence electrons. The molecule has 0 spiro atoms. The molecule has 5 nitrogen and oxygen atoms in total. The van der Waals surface area contributed by atoms with E-state index in [0.29, 0.717) is 0 Å². The molecule has 0 aliphatic heterocycles. The largest absolute Gasteiger partial charge is 1.00 e. The Kier molecular flexibility index (Phi) is 7.91. The van der Waals surface area contributed by atoms with E-state index < -0.39 is 36.4 Å². The van der Waals surface area contributed by atoms with Crippen LogP contribution in [0, 0.1) is 0 Å². The Morgan fingerprint density at radius 3 is 2.14 bits per heavy atom. The first-order valence-corrected chi connectivity index (χ1v) is 4.33. The van der Waals surface area contributed by atoms with Gasteiger partial charge in [-0.25, -0.2) is 4.18 Å². The summed E-state index contributed by atoms with van der Waals surface area (Å²) in [5.74, 6) is 0. The molecule has 0 fully saturated rings. The third kappa shape index (κ3) is 14.7. The summed E-state index contributed by atoms with van der Waals surface area (Å²) >= 11 is 0. The van der Waals surface area contributed by atoms with Crippen LogP contribution in [0.15, 0.2) is 0 Å². The van der Waals surface area contributed by atoms with Crippen LogP contribution in [-0.4, -0.2) is 39.0 Å². The predicted octanol–water partition coefficient (Wildman–Crippen LogP) is -2.50. The fraction of sp³-hybridized carbons (Fsp3) is 1.00. The van der Waals surface area contributed by atoms with Gasteiger partial charge in [0.1, 0.15) is 6.61 Å². The standard InChI is InChI=1S/C4H7F3O5S.Li.H/c5-4(6,7)3-11-1-2-12-13(8,9)10;;/h1-3H2,(H,8,9,10);;/q;+1;-1. The van der Waals surface area contributed by atoms with Gasteiger partial charge in [0.25, 0.3) is 0 Å². The molecule has 0 saturated carbocycles. The molecule has 0 amide bonds. The van der Waals surface area contributed by atoms with E-state index in [1.54, 1.807) is 0 Å².